The first-order valence-electron chi connectivity index (χ1n) is 4.62. The van der Waals surface area contributed by atoms with E-state index in [9.17, 15) is 9.59 Å². The van der Waals surface area contributed by atoms with Gasteiger partial charge < -0.3 is 20.5 Å². The lowest BCUT2D eigenvalue weighted by molar-refractivity contribution is 0.101. The normalized spacial score (nSPS) is 35.4. The Bertz CT molecular complexity index is 268. The van der Waals surface area contributed by atoms with E-state index in [2.05, 4.69) is 10.6 Å². The predicted molar refractivity (Wildman–Crippen MR) is 46.0 cm³/mol. The van der Waals surface area contributed by atoms with Crippen molar-refractivity contribution in [2.24, 2.45) is 0 Å². The summed E-state index contributed by atoms with van der Waals surface area (Å²) in [6.45, 7) is 0. The minimum Gasteiger partial charge on any atom is -0.465 e. The first-order valence-corrected chi connectivity index (χ1v) is 4.62. The maximum absolute atomic E-state index is 10.9. The van der Waals surface area contributed by atoms with Gasteiger partial charge in [-0.3, -0.25) is 0 Å². The Labute approximate surface area is 80.6 Å². The number of amides is 2. The molecule has 0 aromatic heterocycles. The average molecular weight is 200 g/mol. The van der Waals surface area contributed by atoms with Crippen LogP contribution in [0, 0.1) is 0 Å². The van der Waals surface area contributed by atoms with Crippen LogP contribution in [0.3, 0.4) is 0 Å². The predicted octanol–water partition coefficient (Wildman–Crippen LogP) is 0.283. The van der Waals surface area contributed by atoms with E-state index >= 15 is 0 Å². The van der Waals surface area contributed by atoms with Crippen LogP contribution in [0.2, 0.25) is 0 Å². The molecule has 2 amide bonds. The Morgan fingerprint density at radius 2 is 2.36 bits per heavy atom. The number of hydrogen-bond acceptors (Lipinski definition) is 3. The maximum atomic E-state index is 10.9. The SMILES string of the molecule is O=C(O)N[C@@H]1CC[C@H]2NC(=O)O[C@@H]2C1. The van der Waals surface area contributed by atoms with E-state index in [4.69, 9.17) is 9.84 Å². The van der Waals surface area contributed by atoms with Crippen molar-refractivity contribution in [2.75, 3.05) is 0 Å². The lowest BCUT2D eigenvalue weighted by atomic mass is 9.89. The summed E-state index contributed by atoms with van der Waals surface area (Å²) in [7, 11) is 0. The van der Waals surface area contributed by atoms with E-state index in [0.717, 1.165) is 12.8 Å². The molecule has 2 fully saturated rings. The van der Waals surface area contributed by atoms with Crippen molar-refractivity contribution in [3.63, 3.8) is 0 Å². The van der Waals surface area contributed by atoms with Gasteiger partial charge in [0, 0.05) is 12.5 Å². The zero-order valence-electron chi connectivity index (χ0n) is 7.53. The third-order valence-electron chi connectivity index (χ3n) is 2.68. The average Bonchev–Trinajstić information content (AvgIpc) is 2.42. The molecule has 1 aliphatic carbocycles. The maximum Gasteiger partial charge on any atom is 0.407 e. The summed E-state index contributed by atoms with van der Waals surface area (Å²) >= 11 is 0. The van der Waals surface area contributed by atoms with Crippen molar-refractivity contribution in [1.29, 1.82) is 0 Å². The first kappa shape index (κ1) is 9.11. The third-order valence-corrected chi connectivity index (χ3v) is 2.68. The summed E-state index contributed by atoms with van der Waals surface area (Å²) in [5.41, 5.74) is 0. The van der Waals surface area contributed by atoms with Gasteiger partial charge in [0.1, 0.15) is 6.10 Å². The molecule has 6 nitrogen and oxygen atoms in total. The van der Waals surface area contributed by atoms with Crippen LogP contribution in [0.5, 0.6) is 0 Å². The van der Waals surface area contributed by atoms with Crippen LogP contribution in [-0.4, -0.2) is 35.5 Å². The van der Waals surface area contributed by atoms with Crippen LogP contribution in [0.15, 0.2) is 0 Å². The van der Waals surface area contributed by atoms with Gasteiger partial charge in [-0.15, -0.1) is 0 Å². The van der Waals surface area contributed by atoms with E-state index < -0.39 is 12.2 Å². The number of hydrogen-bond donors (Lipinski definition) is 3. The fourth-order valence-corrected chi connectivity index (χ4v) is 2.05. The largest absolute Gasteiger partial charge is 0.465 e. The zero-order chi connectivity index (χ0) is 10.1. The molecule has 0 radical (unpaired) electrons. The van der Waals surface area contributed by atoms with Gasteiger partial charge in [-0.25, -0.2) is 9.59 Å². The standard InChI is InChI=1S/C8H12N2O4/c11-7(12)9-4-1-2-5-6(3-4)14-8(13)10-5/h4-6,9H,1-3H2,(H,10,13)(H,11,12)/t4-,5-,6-/m1/s1. The van der Waals surface area contributed by atoms with E-state index in [-0.39, 0.29) is 18.2 Å². The van der Waals surface area contributed by atoms with Gasteiger partial charge in [0.2, 0.25) is 0 Å². The summed E-state index contributed by atoms with van der Waals surface area (Å²) in [6.07, 6.45) is 0.489. The molecule has 0 aromatic rings. The molecule has 2 aliphatic rings. The van der Waals surface area contributed by atoms with E-state index in [1.807, 2.05) is 0 Å². The highest BCUT2D eigenvalue weighted by atomic mass is 16.6. The smallest absolute Gasteiger partial charge is 0.407 e. The van der Waals surface area contributed by atoms with E-state index in [1.54, 1.807) is 0 Å². The Balaban J connectivity index is 1.91. The quantitative estimate of drug-likeness (QED) is 0.567. The highest BCUT2D eigenvalue weighted by molar-refractivity contribution is 5.70. The highest BCUT2D eigenvalue weighted by Crippen LogP contribution is 2.25. The van der Waals surface area contributed by atoms with Crippen LogP contribution < -0.4 is 10.6 Å². The first-order chi connectivity index (χ1) is 6.65. The lowest BCUT2D eigenvalue weighted by Crippen LogP contribution is -2.45. The molecule has 3 N–H and O–H groups in total. The lowest BCUT2D eigenvalue weighted by Gasteiger charge is -2.28. The molecule has 1 saturated carbocycles. The number of nitrogens with one attached hydrogen (secondary N) is 2. The monoisotopic (exact) mass is 200 g/mol. The molecule has 3 atom stereocenters. The Hall–Kier alpha value is -1.46. The second-order valence-corrected chi connectivity index (χ2v) is 3.65. The topological polar surface area (TPSA) is 87.7 Å². The van der Waals surface area contributed by atoms with Gasteiger partial charge in [-0.1, -0.05) is 0 Å². The van der Waals surface area contributed by atoms with Crippen LogP contribution in [0.4, 0.5) is 9.59 Å². The van der Waals surface area contributed by atoms with Gasteiger partial charge in [-0.05, 0) is 12.8 Å². The van der Waals surface area contributed by atoms with E-state index in [1.165, 1.54) is 0 Å². The van der Waals surface area contributed by atoms with E-state index in [0.29, 0.717) is 6.42 Å². The minimum atomic E-state index is -1.02. The number of ether oxygens (including phenoxy) is 1. The minimum absolute atomic E-state index is 0.0642. The molecule has 0 spiro atoms. The van der Waals surface area contributed by atoms with Crippen molar-refractivity contribution in [3.8, 4) is 0 Å². The summed E-state index contributed by atoms with van der Waals surface area (Å²) in [5.74, 6) is 0. The van der Waals surface area contributed by atoms with Crippen molar-refractivity contribution < 1.29 is 19.4 Å². The molecule has 78 valence electrons. The Morgan fingerprint density at radius 3 is 3.07 bits per heavy atom. The summed E-state index contributed by atoms with van der Waals surface area (Å²) in [6, 6.07) is -0.0317. The van der Waals surface area contributed by atoms with Crippen molar-refractivity contribution in [2.45, 2.75) is 37.5 Å². The highest BCUT2D eigenvalue weighted by Gasteiger charge is 2.39. The van der Waals surface area contributed by atoms with Crippen molar-refractivity contribution >= 4 is 12.2 Å². The van der Waals surface area contributed by atoms with Gasteiger partial charge in [-0.2, -0.15) is 0 Å². The van der Waals surface area contributed by atoms with Gasteiger partial charge in [0.05, 0.1) is 6.04 Å². The molecular formula is C8H12N2O4. The number of alkyl carbamates (subject to hydrolysis) is 1. The molecule has 0 unspecified atom stereocenters. The van der Waals surface area contributed by atoms with Gasteiger partial charge >= 0.3 is 12.2 Å². The number of carboxylic acid groups (broad SMARTS) is 1. The number of carbonyl (C=O) groups is 2. The molecule has 1 saturated heterocycles. The molecule has 1 heterocycles. The second kappa shape index (κ2) is 3.36. The van der Waals surface area contributed by atoms with Crippen molar-refractivity contribution in [1.82, 2.24) is 10.6 Å². The van der Waals surface area contributed by atoms with Crippen LogP contribution in [-0.2, 0) is 4.74 Å². The number of rotatable bonds is 1. The molecule has 14 heavy (non-hydrogen) atoms. The number of carbonyl (C=O) groups excluding carboxylic acids is 1. The summed E-state index contributed by atoms with van der Waals surface area (Å²) in [4.78, 5) is 21.3. The van der Waals surface area contributed by atoms with Gasteiger partial charge in [0.15, 0.2) is 0 Å². The molecule has 0 aromatic carbocycles. The third kappa shape index (κ3) is 1.73. The Kier molecular flexibility index (Phi) is 2.18. The summed E-state index contributed by atoms with van der Waals surface area (Å²) in [5, 5.41) is 13.6. The molecule has 6 heteroatoms. The fraction of sp³-hybridized carbons (Fsp3) is 0.750. The molecule has 0 bridgehead atoms. The van der Waals surface area contributed by atoms with Crippen LogP contribution >= 0.6 is 0 Å². The second-order valence-electron chi connectivity index (χ2n) is 3.65. The molecule has 1 aliphatic heterocycles. The molecule has 2 rings (SSSR count). The molecular weight excluding hydrogens is 188 g/mol. The van der Waals surface area contributed by atoms with Crippen molar-refractivity contribution in [3.05, 3.63) is 0 Å². The summed E-state index contributed by atoms with van der Waals surface area (Å²) < 4.78 is 4.99. The Morgan fingerprint density at radius 1 is 1.57 bits per heavy atom. The van der Waals surface area contributed by atoms with Crippen LogP contribution in [0.25, 0.3) is 0 Å². The number of fused-ring (bicyclic) bond motifs is 1. The fourth-order valence-electron chi connectivity index (χ4n) is 2.05. The van der Waals surface area contributed by atoms with Gasteiger partial charge in [0.25, 0.3) is 0 Å². The van der Waals surface area contributed by atoms with Crippen LogP contribution in [0.1, 0.15) is 19.3 Å². The zero-order valence-corrected chi connectivity index (χ0v) is 7.53.